The number of hydrogen-bond donors (Lipinski definition) is 2. The average Bonchev–Trinajstić information content (AvgIpc) is 3.13. The van der Waals surface area contributed by atoms with Gasteiger partial charge in [-0.15, -0.1) is 0 Å². The Balaban J connectivity index is 1.75. The Morgan fingerprint density at radius 2 is 1.97 bits per heavy atom. The minimum Gasteiger partial charge on any atom is -0.383 e. The summed E-state index contributed by atoms with van der Waals surface area (Å²) in [6.07, 6.45) is 0.956. The Bertz CT molecular complexity index is 1350. The molecule has 1 saturated heterocycles. The molecule has 3 aromatic rings. The Morgan fingerprint density at radius 1 is 1.24 bits per heavy atom. The second kappa shape index (κ2) is 8.15. The van der Waals surface area contributed by atoms with Crippen LogP contribution in [0.15, 0.2) is 24.3 Å². The minimum absolute atomic E-state index is 0.00301. The highest BCUT2D eigenvalue weighted by Gasteiger charge is 2.37. The van der Waals surface area contributed by atoms with Crippen molar-refractivity contribution in [1.82, 2.24) is 4.98 Å². The summed E-state index contributed by atoms with van der Waals surface area (Å²) in [5, 5.41) is 11.3. The molecule has 0 spiro atoms. The Hall–Kier alpha value is -3.90. The van der Waals surface area contributed by atoms with E-state index in [2.05, 4.69) is 27.9 Å². The molecule has 0 radical (unpaired) electrons. The highest BCUT2D eigenvalue weighted by atomic mass is 16.5. The van der Waals surface area contributed by atoms with Crippen LogP contribution in [0.2, 0.25) is 0 Å². The fourth-order valence-corrected chi connectivity index (χ4v) is 5.14. The molecule has 0 aliphatic carbocycles. The number of nitrogens with two attached hydrogens (primary N) is 2. The number of carbonyl (C=O) groups excluding carboxylic acids is 1. The van der Waals surface area contributed by atoms with Crippen molar-refractivity contribution in [2.24, 2.45) is 0 Å². The smallest absolute Gasteiger partial charge is 0.240 e. The number of anilines is 5. The van der Waals surface area contributed by atoms with E-state index in [-0.39, 0.29) is 30.4 Å². The van der Waals surface area contributed by atoms with Crippen molar-refractivity contribution >= 4 is 45.6 Å². The molecular formula is C25H28N7O2+. The molecule has 9 heteroatoms. The van der Waals surface area contributed by atoms with Gasteiger partial charge in [0.25, 0.3) is 0 Å². The number of aryl methyl sites for hydroxylation is 1. The Kier molecular flexibility index (Phi) is 5.25. The number of aromatic amines is 1. The van der Waals surface area contributed by atoms with Gasteiger partial charge in [0, 0.05) is 10.9 Å². The van der Waals surface area contributed by atoms with Crippen LogP contribution in [0.4, 0.5) is 29.0 Å². The first-order chi connectivity index (χ1) is 16.3. The van der Waals surface area contributed by atoms with Gasteiger partial charge in [0.05, 0.1) is 42.8 Å². The van der Waals surface area contributed by atoms with Crippen LogP contribution in [0, 0.1) is 11.3 Å². The van der Waals surface area contributed by atoms with E-state index in [0.29, 0.717) is 52.4 Å². The summed E-state index contributed by atoms with van der Waals surface area (Å²) in [6, 6.07) is 10.2. The van der Waals surface area contributed by atoms with E-state index >= 15 is 0 Å². The van der Waals surface area contributed by atoms with E-state index in [1.54, 1.807) is 4.90 Å². The highest BCUT2D eigenvalue weighted by molar-refractivity contribution is 6.15. The number of nitrogens with zero attached hydrogens (tertiary/aromatic N) is 4. The summed E-state index contributed by atoms with van der Waals surface area (Å²) in [6.45, 7) is 7.28. The summed E-state index contributed by atoms with van der Waals surface area (Å²) < 4.78 is 5.87. The van der Waals surface area contributed by atoms with Crippen LogP contribution in [0.1, 0.15) is 37.5 Å². The van der Waals surface area contributed by atoms with Crippen LogP contribution < -0.4 is 26.3 Å². The molecule has 2 atom stereocenters. The molecule has 0 saturated carbocycles. The normalized spacial score (nSPS) is 20.0. The number of nitrogen functional groups attached to an aromatic ring is 2. The number of nitriles is 1. The van der Waals surface area contributed by atoms with Crippen molar-refractivity contribution in [2.45, 2.75) is 45.8 Å². The van der Waals surface area contributed by atoms with Crippen LogP contribution >= 0.6 is 0 Å². The number of carbonyl (C=O) groups is 1. The van der Waals surface area contributed by atoms with Crippen LogP contribution in [0.5, 0.6) is 0 Å². The van der Waals surface area contributed by atoms with Crippen LogP contribution in [0.3, 0.4) is 0 Å². The number of hydrogen-bond acceptors (Lipinski definition) is 7. The lowest BCUT2D eigenvalue weighted by atomic mass is 10.00. The SMILES string of the molecule is CCc1cccc(N2C(=O)Cc3c2nc(N)c2c(N)[nH+]c(N4C[C@H](C)O[C@@H](C)C4)c(C#N)c32)c1. The number of ether oxygens (including phenoxy) is 1. The van der Waals surface area contributed by atoms with E-state index < -0.39 is 0 Å². The van der Waals surface area contributed by atoms with Crippen molar-refractivity contribution in [3.63, 3.8) is 0 Å². The number of pyridine rings is 2. The molecule has 2 aliphatic rings. The lowest BCUT2D eigenvalue weighted by Gasteiger charge is -2.33. The average molecular weight is 459 g/mol. The van der Waals surface area contributed by atoms with Gasteiger partial charge in [0.1, 0.15) is 23.3 Å². The van der Waals surface area contributed by atoms with E-state index in [1.165, 1.54) is 0 Å². The molecule has 1 aromatic carbocycles. The molecular weight excluding hydrogens is 430 g/mol. The lowest BCUT2D eigenvalue weighted by molar-refractivity contribution is -0.345. The highest BCUT2D eigenvalue weighted by Crippen LogP contribution is 2.43. The minimum atomic E-state index is -0.117. The topological polar surface area (TPSA) is 136 Å². The molecule has 2 aliphatic heterocycles. The third kappa shape index (κ3) is 3.38. The van der Waals surface area contributed by atoms with Crippen molar-refractivity contribution in [2.75, 3.05) is 34.4 Å². The maximum atomic E-state index is 13.2. The number of rotatable bonds is 3. The summed E-state index contributed by atoms with van der Waals surface area (Å²) in [5.41, 5.74) is 15.7. The van der Waals surface area contributed by atoms with Gasteiger partial charge >= 0.3 is 0 Å². The second-order valence-corrected chi connectivity index (χ2v) is 9.01. The summed E-state index contributed by atoms with van der Waals surface area (Å²) in [7, 11) is 0. The van der Waals surface area contributed by atoms with Crippen LogP contribution in [-0.2, 0) is 22.4 Å². The molecule has 5 rings (SSSR count). The standard InChI is InChI=1S/C25H27N7O2/c1-4-15-6-5-7-16(8-15)32-19(33)9-17-20-18(10-26)24(31-11-13(2)34-14(3)12-31)29-22(27)21(20)23(28)30-25(17)32/h5-8,13-14H,4,9,11-12H2,1-3H3,(H2,27,29)(H2,28,30)/p+1/t13-,14-/m0/s1. The van der Waals surface area contributed by atoms with E-state index in [4.69, 9.17) is 16.2 Å². The Labute approximate surface area is 197 Å². The van der Waals surface area contributed by atoms with E-state index in [0.717, 1.165) is 17.7 Å². The predicted octanol–water partition coefficient (Wildman–Crippen LogP) is 2.48. The van der Waals surface area contributed by atoms with Crippen LogP contribution in [-0.4, -0.2) is 36.2 Å². The third-order valence-corrected chi connectivity index (χ3v) is 6.53. The third-order valence-electron chi connectivity index (χ3n) is 6.53. The molecule has 1 fully saturated rings. The number of fused-ring (bicyclic) bond motifs is 3. The molecule has 0 bridgehead atoms. The van der Waals surface area contributed by atoms with Crippen molar-refractivity contribution in [1.29, 1.82) is 5.26 Å². The molecule has 34 heavy (non-hydrogen) atoms. The molecule has 5 N–H and O–H groups in total. The van der Waals surface area contributed by atoms with Gasteiger partial charge < -0.3 is 16.2 Å². The zero-order valence-corrected chi connectivity index (χ0v) is 19.6. The number of benzene rings is 1. The Morgan fingerprint density at radius 3 is 2.65 bits per heavy atom. The van der Waals surface area contributed by atoms with Crippen LogP contribution in [0.25, 0.3) is 10.8 Å². The van der Waals surface area contributed by atoms with E-state index in [1.807, 2.05) is 38.1 Å². The summed E-state index contributed by atoms with van der Waals surface area (Å²) >= 11 is 0. The van der Waals surface area contributed by atoms with Gasteiger partial charge in [-0.1, -0.05) is 19.1 Å². The number of aromatic nitrogens is 2. The van der Waals surface area contributed by atoms with Gasteiger partial charge in [-0.05, 0) is 38.0 Å². The fraction of sp³-hybridized carbons (Fsp3) is 0.360. The molecule has 1 amide bonds. The van der Waals surface area contributed by atoms with Crippen molar-refractivity contribution in [3.8, 4) is 6.07 Å². The molecule has 9 nitrogen and oxygen atoms in total. The van der Waals surface area contributed by atoms with E-state index in [9.17, 15) is 10.1 Å². The maximum absolute atomic E-state index is 13.2. The summed E-state index contributed by atoms with van der Waals surface area (Å²) in [4.78, 5) is 24.7. The van der Waals surface area contributed by atoms with Crippen molar-refractivity contribution < 1.29 is 14.5 Å². The van der Waals surface area contributed by atoms with Gasteiger partial charge in [0.2, 0.25) is 17.5 Å². The lowest BCUT2D eigenvalue weighted by Crippen LogP contribution is -2.48. The quantitative estimate of drug-likeness (QED) is 0.615. The monoisotopic (exact) mass is 458 g/mol. The summed E-state index contributed by atoms with van der Waals surface area (Å²) in [5.74, 6) is 1.46. The predicted molar refractivity (Wildman–Crippen MR) is 131 cm³/mol. The molecule has 0 unspecified atom stereocenters. The first kappa shape index (κ1) is 21.9. The van der Waals surface area contributed by atoms with Gasteiger partial charge in [-0.25, -0.2) is 9.97 Å². The largest absolute Gasteiger partial charge is 0.383 e. The molecule has 174 valence electrons. The number of nitrogens with one attached hydrogen (secondary N) is 1. The zero-order chi connectivity index (χ0) is 24.1. The fourth-order valence-electron chi connectivity index (χ4n) is 5.14. The van der Waals surface area contributed by atoms with Crippen molar-refractivity contribution in [3.05, 3.63) is 41.0 Å². The van der Waals surface area contributed by atoms with Gasteiger partial charge in [0.15, 0.2) is 0 Å². The van der Waals surface area contributed by atoms with Gasteiger partial charge in [-0.3, -0.25) is 14.6 Å². The number of amides is 1. The first-order valence-electron chi connectivity index (χ1n) is 11.5. The maximum Gasteiger partial charge on any atom is 0.240 e. The van der Waals surface area contributed by atoms with Gasteiger partial charge in [-0.2, -0.15) is 5.26 Å². The molecule has 2 aromatic heterocycles. The zero-order valence-electron chi connectivity index (χ0n) is 19.6. The number of morpholine rings is 1. The number of H-pyrrole nitrogens is 1. The second-order valence-electron chi connectivity index (χ2n) is 9.01. The first-order valence-corrected chi connectivity index (χ1v) is 11.5. The molecule has 4 heterocycles.